The van der Waals surface area contributed by atoms with Crippen molar-refractivity contribution in [2.75, 3.05) is 0 Å². The Bertz CT molecular complexity index is 247. The van der Waals surface area contributed by atoms with Crippen LogP contribution in [-0.2, 0) is 0 Å². The van der Waals surface area contributed by atoms with Crippen molar-refractivity contribution in [3.63, 3.8) is 0 Å². The maximum atomic E-state index is 2.34. The van der Waals surface area contributed by atoms with Crippen molar-refractivity contribution in [3.8, 4) is 0 Å². The Morgan fingerprint density at radius 2 is 1.77 bits per heavy atom. The molecule has 1 heterocycles. The third kappa shape index (κ3) is 2.57. The Hall–Kier alpha value is -0.300. The average Bonchev–Trinajstić information content (AvgIpc) is 2.52. The van der Waals surface area contributed by atoms with Gasteiger partial charge >= 0.3 is 0 Å². The molecule has 1 rings (SSSR count). The van der Waals surface area contributed by atoms with Gasteiger partial charge in [-0.05, 0) is 40.1 Å². The molecule has 0 fully saturated rings. The predicted octanol–water partition coefficient (Wildman–Crippen LogP) is 4.78. The van der Waals surface area contributed by atoms with Crippen LogP contribution in [0.25, 0.3) is 0 Å². The van der Waals surface area contributed by atoms with Crippen LogP contribution in [0.1, 0.15) is 63.5 Å². The molecular formula is C12H20S. The Morgan fingerprint density at radius 1 is 1.15 bits per heavy atom. The molecule has 0 aliphatic heterocycles. The van der Waals surface area contributed by atoms with Crippen LogP contribution in [0.15, 0.2) is 10.8 Å². The molecule has 1 aromatic rings. The van der Waals surface area contributed by atoms with E-state index in [1.165, 1.54) is 12.8 Å². The summed E-state index contributed by atoms with van der Waals surface area (Å²) < 4.78 is 0. The molecule has 0 saturated heterocycles. The molecular weight excluding hydrogens is 176 g/mol. The fraction of sp³-hybridized carbons (Fsp3) is 0.667. The highest BCUT2D eigenvalue weighted by molar-refractivity contribution is 7.08. The van der Waals surface area contributed by atoms with Gasteiger partial charge < -0.3 is 0 Å². The minimum Gasteiger partial charge on any atom is -0.152 e. The van der Waals surface area contributed by atoms with Gasteiger partial charge in [0.1, 0.15) is 0 Å². The normalized spacial score (nSPS) is 13.6. The fourth-order valence-electron chi connectivity index (χ4n) is 1.78. The van der Waals surface area contributed by atoms with Crippen LogP contribution in [0.4, 0.5) is 0 Å². The van der Waals surface area contributed by atoms with Crippen molar-refractivity contribution < 1.29 is 0 Å². The standard InChI is InChI=1S/C12H20S/c1-5-6-10(4)12-8-13-7-11(12)9(2)3/h7-10H,5-6H2,1-4H3. The van der Waals surface area contributed by atoms with Crippen molar-refractivity contribution in [1.29, 1.82) is 0 Å². The summed E-state index contributed by atoms with van der Waals surface area (Å²) in [5, 5.41) is 4.64. The Labute approximate surface area is 86.0 Å². The van der Waals surface area contributed by atoms with Crippen LogP contribution >= 0.6 is 11.3 Å². The smallest absolute Gasteiger partial charge is 0.00556 e. The van der Waals surface area contributed by atoms with Crippen molar-refractivity contribution in [3.05, 3.63) is 21.9 Å². The zero-order valence-corrected chi connectivity index (χ0v) is 9.95. The van der Waals surface area contributed by atoms with Gasteiger partial charge in [-0.1, -0.05) is 34.1 Å². The lowest BCUT2D eigenvalue weighted by Gasteiger charge is -2.13. The van der Waals surface area contributed by atoms with Gasteiger partial charge in [0.05, 0.1) is 0 Å². The first-order valence-corrected chi connectivity index (χ1v) is 6.17. The SMILES string of the molecule is CCCC(C)c1cscc1C(C)C. The Balaban J connectivity index is 2.80. The quantitative estimate of drug-likeness (QED) is 0.650. The van der Waals surface area contributed by atoms with Crippen LogP contribution in [0.3, 0.4) is 0 Å². The first-order valence-electron chi connectivity index (χ1n) is 5.22. The maximum absolute atomic E-state index is 2.34. The largest absolute Gasteiger partial charge is 0.152 e. The molecule has 0 amide bonds. The van der Waals surface area contributed by atoms with Crippen molar-refractivity contribution in [2.24, 2.45) is 0 Å². The molecule has 1 aromatic heterocycles. The summed E-state index contributed by atoms with van der Waals surface area (Å²) in [4.78, 5) is 0. The summed E-state index contributed by atoms with van der Waals surface area (Å²) in [6, 6.07) is 0. The number of rotatable bonds is 4. The monoisotopic (exact) mass is 196 g/mol. The molecule has 0 aliphatic rings. The van der Waals surface area contributed by atoms with Gasteiger partial charge in [0.25, 0.3) is 0 Å². The molecule has 0 aliphatic carbocycles. The Kier molecular flexibility index (Phi) is 3.98. The maximum Gasteiger partial charge on any atom is -0.00556 e. The molecule has 0 N–H and O–H groups in total. The van der Waals surface area contributed by atoms with Gasteiger partial charge in [-0.3, -0.25) is 0 Å². The summed E-state index contributed by atoms with van der Waals surface area (Å²) in [6.45, 7) is 9.17. The second kappa shape index (κ2) is 4.80. The molecule has 0 nitrogen and oxygen atoms in total. The van der Waals surface area contributed by atoms with E-state index in [4.69, 9.17) is 0 Å². The van der Waals surface area contributed by atoms with Crippen molar-refractivity contribution in [1.82, 2.24) is 0 Å². The molecule has 1 atom stereocenters. The molecule has 13 heavy (non-hydrogen) atoms. The highest BCUT2D eigenvalue weighted by Crippen LogP contribution is 2.31. The molecule has 0 saturated carbocycles. The van der Waals surface area contributed by atoms with Gasteiger partial charge in [0.2, 0.25) is 0 Å². The number of hydrogen-bond donors (Lipinski definition) is 0. The summed E-state index contributed by atoms with van der Waals surface area (Å²) >= 11 is 1.85. The van der Waals surface area contributed by atoms with Crippen molar-refractivity contribution >= 4 is 11.3 Å². The predicted molar refractivity (Wildman–Crippen MR) is 61.7 cm³/mol. The van der Waals surface area contributed by atoms with E-state index in [0.29, 0.717) is 5.92 Å². The molecule has 0 aromatic carbocycles. The second-order valence-corrected chi connectivity index (χ2v) is 4.87. The van der Waals surface area contributed by atoms with Gasteiger partial charge in [-0.2, -0.15) is 11.3 Å². The first kappa shape index (κ1) is 10.8. The van der Waals surface area contributed by atoms with Crippen LogP contribution in [-0.4, -0.2) is 0 Å². The molecule has 74 valence electrons. The van der Waals surface area contributed by atoms with Gasteiger partial charge in [-0.15, -0.1) is 0 Å². The van der Waals surface area contributed by atoms with Gasteiger partial charge in [-0.25, -0.2) is 0 Å². The number of thiophene rings is 1. The fourth-order valence-corrected chi connectivity index (χ4v) is 2.91. The van der Waals surface area contributed by atoms with E-state index in [1.54, 1.807) is 11.1 Å². The lowest BCUT2D eigenvalue weighted by molar-refractivity contribution is 0.654. The molecule has 0 bridgehead atoms. The molecule has 1 unspecified atom stereocenters. The minimum atomic E-state index is 0.681. The highest BCUT2D eigenvalue weighted by atomic mass is 32.1. The van der Waals surface area contributed by atoms with Crippen LogP contribution < -0.4 is 0 Å². The lowest BCUT2D eigenvalue weighted by atomic mass is 9.91. The third-order valence-electron chi connectivity index (χ3n) is 2.60. The van der Waals surface area contributed by atoms with Crippen LogP contribution in [0, 0.1) is 0 Å². The summed E-state index contributed by atoms with van der Waals surface area (Å²) in [7, 11) is 0. The summed E-state index contributed by atoms with van der Waals surface area (Å²) in [6.07, 6.45) is 2.60. The van der Waals surface area contributed by atoms with E-state index in [-0.39, 0.29) is 0 Å². The van der Waals surface area contributed by atoms with Gasteiger partial charge in [0, 0.05) is 0 Å². The second-order valence-electron chi connectivity index (χ2n) is 4.13. The van der Waals surface area contributed by atoms with E-state index in [1.807, 2.05) is 11.3 Å². The van der Waals surface area contributed by atoms with Crippen LogP contribution in [0.5, 0.6) is 0 Å². The van der Waals surface area contributed by atoms with Crippen molar-refractivity contribution in [2.45, 2.75) is 52.4 Å². The van der Waals surface area contributed by atoms with E-state index in [9.17, 15) is 0 Å². The average molecular weight is 196 g/mol. The highest BCUT2D eigenvalue weighted by Gasteiger charge is 2.12. The minimum absolute atomic E-state index is 0.681. The molecule has 0 radical (unpaired) electrons. The van der Waals surface area contributed by atoms with Gasteiger partial charge in [0.15, 0.2) is 0 Å². The van der Waals surface area contributed by atoms with E-state index >= 15 is 0 Å². The number of hydrogen-bond acceptors (Lipinski definition) is 1. The van der Waals surface area contributed by atoms with E-state index < -0.39 is 0 Å². The topological polar surface area (TPSA) is 0 Å². The van der Waals surface area contributed by atoms with E-state index in [0.717, 1.165) is 5.92 Å². The summed E-state index contributed by atoms with van der Waals surface area (Å²) in [5.41, 5.74) is 3.15. The summed E-state index contributed by atoms with van der Waals surface area (Å²) in [5.74, 6) is 1.43. The zero-order valence-electron chi connectivity index (χ0n) is 9.13. The van der Waals surface area contributed by atoms with Crippen LogP contribution in [0.2, 0.25) is 0 Å². The lowest BCUT2D eigenvalue weighted by Crippen LogP contribution is -1.97. The third-order valence-corrected chi connectivity index (χ3v) is 3.38. The zero-order chi connectivity index (χ0) is 9.84. The first-order chi connectivity index (χ1) is 6.16. The van der Waals surface area contributed by atoms with E-state index in [2.05, 4.69) is 38.5 Å². The Morgan fingerprint density at radius 3 is 2.31 bits per heavy atom. The molecule has 0 spiro atoms. The molecule has 1 heteroatoms.